The summed E-state index contributed by atoms with van der Waals surface area (Å²) in [6, 6.07) is 19.0. The van der Waals surface area contributed by atoms with Crippen LogP contribution in [0.5, 0.6) is 0 Å². The minimum Gasteiger partial charge on any atom is -0.303 e. The molecule has 1 fully saturated rings. The van der Waals surface area contributed by atoms with E-state index in [0.29, 0.717) is 12.8 Å². The minimum absolute atomic E-state index is 0.0997. The molecule has 0 aliphatic heterocycles. The zero-order chi connectivity index (χ0) is 20.9. The summed E-state index contributed by atoms with van der Waals surface area (Å²) in [5.41, 5.74) is 5.58. The van der Waals surface area contributed by atoms with Crippen LogP contribution < -0.4 is 0 Å². The summed E-state index contributed by atoms with van der Waals surface area (Å²) in [5, 5.41) is 0. The number of rotatable bonds is 3. The molecule has 5 rings (SSSR count). The van der Waals surface area contributed by atoms with Gasteiger partial charge in [0.15, 0.2) is 0 Å². The predicted molar refractivity (Wildman–Crippen MR) is 117 cm³/mol. The minimum atomic E-state index is -0.496. The lowest BCUT2D eigenvalue weighted by Gasteiger charge is -2.45. The first-order valence-electron chi connectivity index (χ1n) is 10.7. The third kappa shape index (κ3) is 2.85. The molecule has 0 spiro atoms. The van der Waals surface area contributed by atoms with Crippen LogP contribution in [0.2, 0.25) is 0 Å². The van der Waals surface area contributed by atoms with E-state index in [1.165, 1.54) is 16.8 Å². The van der Waals surface area contributed by atoms with Crippen molar-refractivity contribution in [2.24, 2.45) is 11.8 Å². The van der Waals surface area contributed by atoms with Crippen molar-refractivity contribution in [2.45, 2.75) is 44.9 Å². The second-order valence-electron chi connectivity index (χ2n) is 8.98. The molecule has 2 aliphatic rings. The van der Waals surface area contributed by atoms with Crippen LogP contribution in [-0.4, -0.2) is 21.6 Å². The number of aromatic nitrogens is 2. The number of benzene rings is 2. The quantitative estimate of drug-likeness (QED) is 0.468. The lowest BCUT2D eigenvalue weighted by Crippen LogP contribution is -2.46. The third-order valence-corrected chi connectivity index (χ3v) is 7.19. The van der Waals surface area contributed by atoms with Crippen molar-refractivity contribution >= 4 is 12.1 Å². The van der Waals surface area contributed by atoms with Gasteiger partial charge in [0.25, 0.3) is 0 Å². The Balaban J connectivity index is 1.60. The highest BCUT2D eigenvalue weighted by Gasteiger charge is 2.50. The molecule has 0 radical (unpaired) electrons. The van der Waals surface area contributed by atoms with Crippen LogP contribution in [0.3, 0.4) is 0 Å². The van der Waals surface area contributed by atoms with Crippen LogP contribution in [0.1, 0.15) is 43.4 Å². The molecule has 2 aliphatic carbocycles. The molecule has 1 heterocycles. The Morgan fingerprint density at radius 3 is 2.63 bits per heavy atom. The van der Waals surface area contributed by atoms with Crippen molar-refractivity contribution in [1.29, 1.82) is 0 Å². The summed E-state index contributed by atoms with van der Waals surface area (Å²) in [7, 11) is 0. The Bertz CT molecular complexity index is 1130. The van der Waals surface area contributed by atoms with Gasteiger partial charge in [-0.3, -0.25) is 4.79 Å². The molecule has 1 saturated carbocycles. The number of carbonyl (C=O) groups is 2. The lowest BCUT2D eigenvalue weighted by atomic mass is 9.58. The Labute approximate surface area is 177 Å². The highest BCUT2D eigenvalue weighted by atomic mass is 16.1. The number of fused-ring (bicyclic) bond motifs is 3. The standard InChI is InChI=1S/C26H26N2O2/c1-17-27-25-23(12-11-21-14-24(30)20(16-29)15-26(21,25)2)28(17)22-10-6-9-19(13-22)18-7-4-3-5-8-18/h3-10,13,16,20-21H,11-12,14-15H2,1-2H3/t20?,21?,26-/m0/s1. The summed E-state index contributed by atoms with van der Waals surface area (Å²) in [6.45, 7) is 4.26. The number of hydrogen-bond acceptors (Lipinski definition) is 3. The van der Waals surface area contributed by atoms with E-state index < -0.39 is 5.92 Å². The largest absolute Gasteiger partial charge is 0.303 e. The van der Waals surface area contributed by atoms with Crippen molar-refractivity contribution in [3.63, 3.8) is 0 Å². The van der Waals surface area contributed by atoms with Gasteiger partial charge in [0.1, 0.15) is 17.9 Å². The normalized spacial score (nSPS) is 25.5. The van der Waals surface area contributed by atoms with E-state index in [2.05, 4.69) is 66.9 Å². The average Bonchev–Trinajstić information content (AvgIpc) is 3.12. The number of carbonyl (C=O) groups excluding carboxylic acids is 2. The molecule has 0 saturated heterocycles. The fraction of sp³-hybridized carbons (Fsp3) is 0.346. The van der Waals surface area contributed by atoms with E-state index in [-0.39, 0.29) is 17.1 Å². The van der Waals surface area contributed by atoms with Crippen LogP contribution in [0.4, 0.5) is 0 Å². The Morgan fingerprint density at radius 2 is 1.87 bits per heavy atom. The van der Waals surface area contributed by atoms with Crippen LogP contribution in [0.15, 0.2) is 54.6 Å². The summed E-state index contributed by atoms with van der Waals surface area (Å²) < 4.78 is 2.27. The van der Waals surface area contributed by atoms with Crippen molar-refractivity contribution < 1.29 is 9.59 Å². The third-order valence-electron chi connectivity index (χ3n) is 7.19. The molecular formula is C26H26N2O2. The van der Waals surface area contributed by atoms with E-state index in [0.717, 1.165) is 36.3 Å². The van der Waals surface area contributed by atoms with Crippen molar-refractivity contribution in [3.05, 3.63) is 71.8 Å². The first-order valence-corrected chi connectivity index (χ1v) is 10.7. The van der Waals surface area contributed by atoms with Gasteiger partial charge in [-0.2, -0.15) is 0 Å². The molecule has 0 bridgehead atoms. The van der Waals surface area contributed by atoms with Gasteiger partial charge in [-0.15, -0.1) is 0 Å². The van der Waals surface area contributed by atoms with Gasteiger partial charge in [0, 0.05) is 23.2 Å². The molecule has 3 atom stereocenters. The summed E-state index contributed by atoms with van der Waals surface area (Å²) in [4.78, 5) is 28.9. The zero-order valence-corrected chi connectivity index (χ0v) is 17.5. The second kappa shape index (κ2) is 7.05. The maximum Gasteiger partial charge on any atom is 0.143 e. The summed E-state index contributed by atoms with van der Waals surface area (Å²) in [5.74, 6) is 0.838. The summed E-state index contributed by atoms with van der Waals surface area (Å²) >= 11 is 0. The zero-order valence-electron chi connectivity index (χ0n) is 17.5. The molecule has 152 valence electrons. The van der Waals surface area contributed by atoms with Crippen molar-refractivity contribution in [1.82, 2.24) is 9.55 Å². The van der Waals surface area contributed by atoms with Gasteiger partial charge in [-0.1, -0.05) is 49.4 Å². The SMILES string of the molecule is Cc1nc2c(n1-c1cccc(-c3ccccc3)c1)CCC1CC(=O)C(C=O)C[C@]21C. The number of Topliss-reactive ketones (excluding diaryl/α,β-unsaturated/α-hetero) is 1. The number of aldehydes is 1. The van der Waals surface area contributed by atoms with E-state index in [1.54, 1.807) is 0 Å². The van der Waals surface area contributed by atoms with Crippen LogP contribution in [-0.2, 0) is 21.4 Å². The van der Waals surface area contributed by atoms with Gasteiger partial charge in [-0.05, 0) is 55.4 Å². The van der Waals surface area contributed by atoms with Gasteiger partial charge in [-0.25, -0.2) is 4.98 Å². The smallest absolute Gasteiger partial charge is 0.143 e. The lowest BCUT2D eigenvalue weighted by molar-refractivity contribution is -0.132. The number of nitrogens with zero attached hydrogens (tertiary/aromatic N) is 2. The van der Waals surface area contributed by atoms with Crippen LogP contribution in [0, 0.1) is 18.8 Å². The molecule has 2 unspecified atom stereocenters. The number of ketones is 1. The molecular weight excluding hydrogens is 372 g/mol. The first kappa shape index (κ1) is 19.0. The highest BCUT2D eigenvalue weighted by molar-refractivity contribution is 5.94. The fourth-order valence-electron chi connectivity index (χ4n) is 5.57. The van der Waals surface area contributed by atoms with Gasteiger partial charge < -0.3 is 9.36 Å². The predicted octanol–water partition coefficient (Wildman–Crippen LogP) is 4.85. The van der Waals surface area contributed by atoms with Crippen LogP contribution >= 0.6 is 0 Å². The maximum absolute atomic E-state index is 12.3. The number of aryl methyl sites for hydroxylation is 1. The first-order chi connectivity index (χ1) is 14.5. The highest BCUT2D eigenvalue weighted by Crippen LogP contribution is 2.50. The number of imidazole rings is 1. The van der Waals surface area contributed by atoms with Crippen LogP contribution in [0.25, 0.3) is 16.8 Å². The van der Waals surface area contributed by atoms with E-state index in [1.807, 2.05) is 6.07 Å². The molecule has 30 heavy (non-hydrogen) atoms. The fourth-order valence-corrected chi connectivity index (χ4v) is 5.57. The molecule has 2 aromatic carbocycles. The van der Waals surface area contributed by atoms with E-state index in [9.17, 15) is 9.59 Å². The summed E-state index contributed by atoms with van der Waals surface area (Å²) in [6.07, 6.45) is 3.78. The van der Waals surface area contributed by atoms with Crippen molar-refractivity contribution in [3.8, 4) is 16.8 Å². The molecule has 0 N–H and O–H groups in total. The van der Waals surface area contributed by atoms with Gasteiger partial charge in [0.05, 0.1) is 11.6 Å². The van der Waals surface area contributed by atoms with E-state index in [4.69, 9.17) is 4.98 Å². The molecule has 1 aromatic heterocycles. The Kier molecular flexibility index (Phi) is 4.46. The molecule has 3 aromatic rings. The molecule has 4 nitrogen and oxygen atoms in total. The van der Waals surface area contributed by atoms with Crippen molar-refractivity contribution in [2.75, 3.05) is 0 Å². The van der Waals surface area contributed by atoms with Gasteiger partial charge >= 0.3 is 0 Å². The Morgan fingerprint density at radius 1 is 1.10 bits per heavy atom. The number of hydrogen-bond donors (Lipinski definition) is 0. The molecule has 4 heteroatoms. The Hall–Kier alpha value is -3.01. The molecule has 0 amide bonds. The van der Waals surface area contributed by atoms with Gasteiger partial charge in [0.2, 0.25) is 0 Å². The average molecular weight is 399 g/mol. The topological polar surface area (TPSA) is 52.0 Å². The van der Waals surface area contributed by atoms with E-state index >= 15 is 0 Å². The monoisotopic (exact) mass is 398 g/mol. The second-order valence-corrected chi connectivity index (χ2v) is 8.98. The maximum atomic E-state index is 12.3.